The molecule has 1 saturated carbocycles. The maximum absolute atomic E-state index is 13.5. The lowest BCUT2D eigenvalue weighted by molar-refractivity contribution is 0.0729. The van der Waals surface area contributed by atoms with E-state index in [0.29, 0.717) is 23.6 Å². The van der Waals surface area contributed by atoms with E-state index in [1.165, 1.54) is 12.1 Å². The van der Waals surface area contributed by atoms with Gasteiger partial charge in [-0.05, 0) is 49.6 Å². The van der Waals surface area contributed by atoms with Gasteiger partial charge in [-0.3, -0.25) is 4.79 Å². The van der Waals surface area contributed by atoms with Gasteiger partial charge in [-0.25, -0.2) is 4.39 Å². The lowest BCUT2D eigenvalue weighted by Gasteiger charge is -2.23. The second-order valence-electron chi connectivity index (χ2n) is 6.30. The lowest BCUT2D eigenvalue weighted by Crippen LogP contribution is -2.32. The topological polar surface area (TPSA) is 38.8 Å². The molecule has 0 aromatic heterocycles. The third kappa shape index (κ3) is 3.76. The molecular weight excluding hydrogens is 321 g/mol. The van der Waals surface area contributed by atoms with E-state index in [1.807, 2.05) is 13.0 Å². The Balaban J connectivity index is 1.91. The quantitative estimate of drug-likeness (QED) is 0.797. The zero-order chi connectivity index (χ0) is 18.0. The Hall–Kier alpha value is -2.56. The molecule has 0 saturated heterocycles. The molecule has 3 rings (SSSR count). The Labute approximate surface area is 147 Å². The van der Waals surface area contributed by atoms with E-state index in [9.17, 15) is 9.18 Å². The number of halogens is 1. The number of nitrogens with zero attached hydrogens (tertiary/aromatic N) is 1. The van der Waals surface area contributed by atoms with Crippen LogP contribution in [0.15, 0.2) is 36.4 Å². The number of carbonyl (C=O) groups excluding carboxylic acids is 1. The summed E-state index contributed by atoms with van der Waals surface area (Å²) in [5.74, 6) is 0.844. The van der Waals surface area contributed by atoms with Crippen molar-refractivity contribution in [3.05, 3.63) is 58.9 Å². The molecule has 4 nitrogen and oxygen atoms in total. The van der Waals surface area contributed by atoms with Crippen LogP contribution in [0, 0.1) is 12.7 Å². The first-order valence-corrected chi connectivity index (χ1v) is 8.31. The average molecular weight is 343 g/mol. The monoisotopic (exact) mass is 343 g/mol. The van der Waals surface area contributed by atoms with Gasteiger partial charge in [-0.1, -0.05) is 12.1 Å². The van der Waals surface area contributed by atoms with Crippen LogP contribution < -0.4 is 9.47 Å². The number of hydrogen-bond donors (Lipinski definition) is 0. The van der Waals surface area contributed by atoms with Crippen molar-refractivity contribution in [2.45, 2.75) is 32.4 Å². The standard InChI is InChI=1S/C20H22FNO3/c1-13-18(24-2)10-15(11-19(13)25-3)20(23)22(17-7-8-17)12-14-5-4-6-16(21)9-14/h4-6,9-11,17H,7-8,12H2,1-3H3. The van der Waals surface area contributed by atoms with Crippen molar-refractivity contribution in [1.82, 2.24) is 4.90 Å². The third-order valence-corrected chi connectivity index (χ3v) is 4.49. The summed E-state index contributed by atoms with van der Waals surface area (Å²) < 4.78 is 24.2. The second-order valence-corrected chi connectivity index (χ2v) is 6.30. The summed E-state index contributed by atoms with van der Waals surface area (Å²) in [4.78, 5) is 14.9. The van der Waals surface area contributed by atoms with Crippen LogP contribution in [0.1, 0.15) is 34.3 Å². The van der Waals surface area contributed by atoms with Gasteiger partial charge >= 0.3 is 0 Å². The fourth-order valence-electron chi connectivity index (χ4n) is 2.96. The Morgan fingerprint density at radius 1 is 1.16 bits per heavy atom. The third-order valence-electron chi connectivity index (χ3n) is 4.49. The summed E-state index contributed by atoms with van der Waals surface area (Å²) in [6, 6.07) is 10.1. The predicted molar refractivity (Wildman–Crippen MR) is 93.6 cm³/mol. The van der Waals surface area contributed by atoms with E-state index >= 15 is 0 Å². The van der Waals surface area contributed by atoms with Crippen LogP contribution in [0.2, 0.25) is 0 Å². The Bertz CT molecular complexity index is 761. The van der Waals surface area contributed by atoms with E-state index in [0.717, 1.165) is 24.0 Å². The van der Waals surface area contributed by atoms with Gasteiger partial charge in [0, 0.05) is 23.7 Å². The van der Waals surface area contributed by atoms with Crippen LogP contribution in [0.5, 0.6) is 11.5 Å². The number of ether oxygens (including phenoxy) is 2. The maximum atomic E-state index is 13.5. The van der Waals surface area contributed by atoms with E-state index in [1.54, 1.807) is 37.3 Å². The molecular formula is C20H22FNO3. The predicted octanol–water partition coefficient (Wildman–Crippen LogP) is 3.96. The highest BCUT2D eigenvalue weighted by Crippen LogP contribution is 2.33. The minimum Gasteiger partial charge on any atom is -0.496 e. The molecule has 132 valence electrons. The molecule has 0 radical (unpaired) electrons. The van der Waals surface area contributed by atoms with Crippen molar-refractivity contribution in [3.8, 4) is 11.5 Å². The summed E-state index contributed by atoms with van der Waals surface area (Å²) in [7, 11) is 3.14. The van der Waals surface area contributed by atoms with Crippen molar-refractivity contribution in [1.29, 1.82) is 0 Å². The van der Waals surface area contributed by atoms with Crippen molar-refractivity contribution < 1.29 is 18.7 Å². The first kappa shape index (κ1) is 17.3. The number of methoxy groups -OCH3 is 2. The molecule has 0 bridgehead atoms. The molecule has 2 aromatic carbocycles. The average Bonchev–Trinajstić information content (AvgIpc) is 3.44. The molecule has 1 fully saturated rings. The number of hydrogen-bond acceptors (Lipinski definition) is 3. The molecule has 0 spiro atoms. The largest absolute Gasteiger partial charge is 0.496 e. The van der Waals surface area contributed by atoms with Gasteiger partial charge < -0.3 is 14.4 Å². The van der Waals surface area contributed by atoms with Gasteiger partial charge in [0.2, 0.25) is 0 Å². The van der Waals surface area contributed by atoms with Crippen LogP contribution in [0.3, 0.4) is 0 Å². The molecule has 5 heteroatoms. The summed E-state index contributed by atoms with van der Waals surface area (Å²) in [5, 5.41) is 0. The summed E-state index contributed by atoms with van der Waals surface area (Å²) in [6.45, 7) is 2.27. The minimum absolute atomic E-state index is 0.0941. The number of amides is 1. The van der Waals surface area contributed by atoms with Crippen molar-refractivity contribution in [2.24, 2.45) is 0 Å². The summed E-state index contributed by atoms with van der Waals surface area (Å²) in [6.07, 6.45) is 1.95. The molecule has 0 unspecified atom stereocenters. The SMILES string of the molecule is COc1cc(C(=O)N(Cc2cccc(F)c2)C2CC2)cc(OC)c1C. The first-order chi connectivity index (χ1) is 12.0. The van der Waals surface area contributed by atoms with Crippen molar-refractivity contribution in [3.63, 3.8) is 0 Å². The van der Waals surface area contributed by atoms with Crippen molar-refractivity contribution in [2.75, 3.05) is 14.2 Å². The van der Waals surface area contributed by atoms with Crippen LogP contribution in [-0.4, -0.2) is 31.1 Å². The van der Waals surface area contributed by atoms with E-state index in [4.69, 9.17) is 9.47 Å². The lowest BCUT2D eigenvalue weighted by atomic mass is 10.1. The number of benzene rings is 2. The molecule has 25 heavy (non-hydrogen) atoms. The fourth-order valence-corrected chi connectivity index (χ4v) is 2.96. The van der Waals surface area contributed by atoms with Gasteiger partial charge in [-0.2, -0.15) is 0 Å². The second kappa shape index (κ2) is 7.13. The number of rotatable bonds is 6. The van der Waals surface area contributed by atoms with Gasteiger partial charge in [0.25, 0.3) is 5.91 Å². The van der Waals surface area contributed by atoms with Crippen LogP contribution in [0.4, 0.5) is 4.39 Å². The fraction of sp³-hybridized carbons (Fsp3) is 0.350. The Kier molecular flexibility index (Phi) is 4.93. The first-order valence-electron chi connectivity index (χ1n) is 8.31. The molecule has 0 heterocycles. The molecule has 0 N–H and O–H groups in total. The van der Waals surface area contributed by atoms with Gasteiger partial charge in [0.1, 0.15) is 17.3 Å². The highest BCUT2D eigenvalue weighted by atomic mass is 19.1. The van der Waals surface area contributed by atoms with Gasteiger partial charge in [-0.15, -0.1) is 0 Å². The highest BCUT2D eigenvalue weighted by Gasteiger charge is 2.33. The van der Waals surface area contributed by atoms with Crippen LogP contribution >= 0.6 is 0 Å². The van der Waals surface area contributed by atoms with Crippen LogP contribution in [0.25, 0.3) is 0 Å². The smallest absolute Gasteiger partial charge is 0.254 e. The zero-order valence-corrected chi connectivity index (χ0v) is 14.7. The summed E-state index contributed by atoms with van der Waals surface area (Å²) >= 11 is 0. The zero-order valence-electron chi connectivity index (χ0n) is 14.7. The maximum Gasteiger partial charge on any atom is 0.254 e. The van der Waals surface area contributed by atoms with E-state index < -0.39 is 0 Å². The molecule has 2 aromatic rings. The molecule has 1 aliphatic rings. The molecule has 1 amide bonds. The molecule has 0 atom stereocenters. The molecule has 0 aliphatic heterocycles. The van der Waals surface area contributed by atoms with Crippen molar-refractivity contribution >= 4 is 5.91 Å². The Morgan fingerprint density at radius 2 is 1.80 bits per heavy atom. The minimum atomic E-state index is -0.292. The van der Waals surface area contributed by atoms with E-state index in [2.05, 4.69) is 0 Å². The number of carbonyl (C=O) groups is 1. The molecule has 1 aliphatic carbocycles. The van der Waals surface area contributed by atoms with Gasteiger partial charge in [0.05, 0.1) is 14.2 Å². The highest BCUT2D eigenvalue weighted by molar-refractivity contribution is 5.95. The Morgan fingerprint density at radius 3 is 2.32 bits per heavy atom. The van der Waals surface area contributed by atoms with Gasteiger partial charge in [0.15, 0.2) is 0 Å². The normalized spacial score (nSPS) is 13.4. The summed E-state index contributed by atoms with van der Waals surface area (Å²) in [5.41, 5.74) is 2.15. The van der Waals surface area contributed by atoms with Crippen LogP contribution in [-0.2, 0) is 6.54 Å². The van der Waals surface area contributed by atoms with E-state index in [-0.39, 0.29) is 17.8 Å².